The number of anilines is 1. The zero-order valence-corrected chi connectivity index (χ0v) is 30.7. The lowest BCUT2D eigenvalue weighted by Gasteiger charge is -2.37. The standard InChI is InChI=1S/C39H56FN3O8/c1-5-48-20-9-21-49-37(46)33-23-28-22-29(16-17-32(28)50-33)41-35(44)34-30(25-10-7-6-8-11-25)18-19-43(34)36(45)27-14-12-26(13-15-27)31(24-40)42-38(47)51-39(2,3)4/h16-17,22-23,25-27,30-31,34H,5-15,18-21,24H2,1-4H3,(H,41,44)(H,42,47)/t26-,27-,30-,31+,34-/m0/s1. The van der Waals surface area contributed by atoms with E-state index in [4.69, 9.17) is 18.6 Å². The van der Waals surface area contributed by atoms with Gasteiger partial charge in [0.25, 0.3) is 0 Å². The Morgan fingerprint density at radius 1 is 0.980 bits per heavy atom. The van der Waals surface area contributed by atoms with Gasteiger partial charge in [-0.2, -0.15) is 0 Å². The van der Waals surface area contributed by atoms with Gasteiger partial charge in [-0.3, -0.25) is 9.59 Å². The lowest BCUT2D eigenvalue weighted by Crippen LogP contribution is -2.50. The molecule has 0 unspecified atom stereocenters. The molecule has 2 saturated carbocycles. The highest BCUT2D eigenvalue weighted by Gasteiger charge is 2.47. The third kappa shape index (κ3) is 10.2. The summed E-state index contributed by atoms with van der Waals surface area (Å²) in [5.41, 5.74) is 0.374. The summed E-state index contributed by atoms with van der Waals surface area (Å²) in [7, 11) is 0. The number of ether oxygens (including phenoxy) is 3. The number of carbonyl (C=O) groups excluding carboxylic acids is 4. The van der Waals surface area contributed by atoms with E-state index in [1.54, 1.807) is 49.9 Å². The van der Waals surface area contributed by atoms with Gasteiger partial charge in [-0.25, -0.2) is 14.0 Å². The number of halogens is 1. The number of hydrogen-bond donors (Lipinski definition) is 2. The Hall–Kier alpha value is -3.67. The Morgan fingerprint density at radius 3 is 2.41 bits per heavy atom. The molecule has 1 saturated heterocycles. The molecule has 0 spiro atoms. The Balaban J connectivity index is 1.24. The van der Waals surface area contributed by atoms with Gasteiger partial charge in [-0.1, -0.05) is 32.1 Å². The van der Waals surface area contributed by atoms with Crippen LogP contribution in [0.5, 0.6) is 0 Å². The van der Waals surface area contributed by atoms with Crippen LogP contribution in [0.2, 0.25) is 0 Å². The molecule has 1 aliphatic heterocycles. The van der Waals surface area contributed by atoms with Crippen LogP contribution in [0.15, 0.2) is 28.7 Å². The smallest absolute Gasteiger partial charge is 0.407 e. The van der Waals surface area contributed by atoms with Gasteiger partial charge in [-0.05, 0) is 102 Å². The highest BCUT2D eigenvalue weighted by molar-refractivity contribution is 6.00. The minimum absolute atomic E-state index is 0.0153. The van der Waals surface area contributed by atoms with Crippen molar-refractivity contribution in [3.05, 3.63) is 30.0 Å². The van der Waals surface area contributed by atoms with Crippen molar-refractivity contribution in [2.45, 2.75) is 116 Å². The first-order chi connectivity index (χ1) is 24.5. The molecule has 2 heterocycles. The monoisotopic (exact) mass is 713 g/mol. The fourth-order valence-corrected chi connectivity index (χ4v) is 8.18. The van der Waals surface area contributed by atoms with E-state index in [9.17, 15) is 23.6 Å². The molecule has 11 nitrogen and oxygen atoms in total. The van der Waals surface area contributed by atoms with E-state index >= 15 is 0 Å². The first kappa shape index (κ1) is 38.6. The van der Waals surface area contributed by atoms with E-state index in [0.717, 1.165) is 32.1 Å². The molecular formula is C39H56FN3O8. The molecule has 5 rings (SSSR count). The van der Waals surface area contributed by atoms with Crippen LogP contribution in [0.1, 0.15) is 109 Å². The van der Waals surface area contributed by atoms with E-state index in [2.05, 4.69) is 10.6 Å². The van der Waals surface area contributed by atoms with Crippen LogP contribution >= 0.6 is 0 Å². The molecule has 3 aliphatic rings. The Kier molecular flexibility index (Phi) is 13.4. The molecule has 2 aromatic rings. The van der Waals surface area contributed by atoms with Gasteiger partial charge in [0.15, 0.2) is 0 Å². The number of alkyl carbamates (subject to hydrolysis) is 1. The number of likely N-dealkylation sites (tertiary alicyclic amines) is 1. The number of furan rings is 1. The molecule has 2 N–H and O–H groups in total. The number of rotatable bonds is 13. The third-order valence-electron chi connectivity index (χ3n) is 10.7. The van der Waals surface area contributed by atoms with E-state index < -0.39 is 36.4 Å². The van der Waals surface area contributed by atoms with Gasteiger partial charge < -0.3 is 34.2 Å². The SMILES string of the molecule is CCOCCCOC(=O)c1cc2cc(NC(=O)[C@@H]3[C@H](C4CCCCC4)CCN3C(=O)[C@H]3CC[C@H]([C@@H](CF)NC(=O)OC(C)(C)C)CC3)ccc2o1. The first-order valence-electron chi connectivity index (χ1n) is 18.9. The second kappa shape index (κ2) is 17.7. The van der Waals surface area contributed by atoms with Gasteiger partial charge >= 0.3 is 12.1 Å². The molecule has 282 valence electrons. The molecule has 12 heteroatoms. The minimum Gasteiger partial charge on any atom is -0.460 e. The van der Waals surface area contributed by atoms with Crippen molar-refractivity contribution in [1.82, 2.24) is 10.2 Å². The molecular weight excluding hydrogens is 657 g/mol. The van der Waals surface area contributed by atoms with Gasteiger partial charge in [-0.15, -0.1) is 0 Å². The zero-order chi connectivity index (χ0) is 36.5. The third-order valence-corrected chi connectivity index (χ3v) is 10.7. The number of benzene rings is 1. The Labute approximate surface area is 300 Å². The molecule has 3 atom stereocenters. The van der Waals surface area contributed by atoms with E-state index in [1.807, 2.05) is 6.92 Å². The van der Waals surface area contributed by atoms with Crippen LogP contribution in [0, 0.1) is 23.7 Å². The number of fused-ring (bicyclic) bond motifs is 1. The van der Waals surface area contributed by atoms with Crippen LogP contribution in [-0.2, 0) is 23.8 Å². The summed E-state index contributed by atoms with van der Waals surface area (Å²) < 4.78 is 35.7. The quantitative estimate of drug-likeness (QED) is 0.162. The number of hydrogen-bond acceptors (Lipinski definition) is 8. The maximum absolute atomic E-state index is 14.2. The summed E-state index contributed by atoms with van der Waals surface area (Å²) in [4.78, 5) is 55.0. The molecule has 1 aromatic heterocycles. The number of nitrogens with one attached hydrogen (secondary N) is 2. The highest BCUT2D eigenvalue weighted by Crippen LogP contribution is 2.41. The van der Waals surface area contributed by atoms with Gasteiger partial charge in [0.1, 0.15) is 23.9 Å². The number of carbonyl (C=O) groups is 4. The summed E-state index contributed by atoms with van der Waals surface area (Å²) >= 11 is 0. The Morgan fingerprint density at radius 2 is 1.73 bits per heavy atom. The summed E-state index contributed by atoms with van der Waals surface area (Å²) in [5.74, 6) is -0.602. The molecule has 3 fully saturated rings. The van der Waals surface area contributed by atoms with E-state index in [0.29, 0.717) is 74.4 Å². The number of esters is 1. The zero-order valence-electron chi connectivity index (χ0n) is 30.7. The fraction of sp³-hybridized carbons (Fsp3) is 0.692. The maximum atomic E-state index is 14.2. The Bertz CT molecular complexity index is 1490. The molecule has 3 amide bonds. The lowest BCUT2D eigenvalue weighted by atomic mass is 9.76. The van der Waals surface area contributed by atoms with E-state index in [-0.39, 0.29) is 41.9 Å². The molecule has 0 radical (unpaired) electrons. The van der Waals surface area contributed by atoms with Gasteiger partial charge in [0.2, 0.25) is 17.6 Å². The van der Waals surface area contributed by atoms with Crippen LogP contribution in [0.4, 0.5) is 14.9 Å². The fourth-order valence-electron chi connectivity index (χ4n) is 8.18. The summed E-state index contributed by atoms with van der Waals surface area (Å²) in [6, 6.07) is 5.58. The van der Waals surface area contributed by atoms with Crippen molar-refractivity contribution in [2.75, 3.05) is 38.4 Å². The summed E-state index contributed by atoms with van der Waals surface area (Å²) in [5, 5.41) is 6.44. The van der Waals surface area contributed by atoms with Crippen LogP contribution in [-0.4, -0.2) is 79.5 Å². The van der Waals surface area contributed by atoms with Crippen molar-refractivity contribution in [3.63, 3.8) is 0 Å². The van der Waals surface area contributed by atoms with Crippen molar-refractivity contribution < 1.29 is 42.2 Å². The number of nitrogens with zero attached hydrogens (tertiary/aromatic N) is 1. The summed E-state index contributed by atoms with van der Waals surface area (Å²) in [6.45, 7) is 8.36. The predicted octanol–water partition coefficient (Wildman–Crippen LogP) is 7.42. The van der Waals surface area contributed by atoms with Crippen molar-refractivity contribution in [1.29, 1.82) is 0 Å². The van der Waals surface area contributed by atoms with Gasteiger partial charge in [0.05, 0.1) is 12.6 Å². The first-order valence-corrected chi connectivity index (χ1v) is 18.9. The van der Waals surface area contributed by atoms with Crippen LogP contribution in [0.25, 0.3) is 11.0 Å². The normalized spacial score (nSPS) is 23.5. The second-order valence-corrected chi connectivity index (χ2v) is 15.4. The summed E-state index contributed by atoms with van der Waals surface area (Å²) in [6.07, 6.45) is 8.67. The topological polar surface area (TPSA) is 136 Å². The predicted molar refractivity (Wildman–Crippen MR) is 191 cm³/mol. The average molecular weight is 714 g/mol. The molecule has 1 aromatic carbocycles. The van der Waals surface area contributed by atoms with E-state index in [1.165, 1.54) is 6.42 Å². The maximum Gasteiger partial charge on any atom is 0.407 e. The van der Waals surface area contributed by atoms with Crippen molar-refractivity contribution in [3.8, 4) is 0 Å². The van der Waals surface area contributed by atoms with Crippen molar-refractivity contribution >= 4 is 40.5 Å². The second-order valence-electron chi connectivity index (χ2n) is 15.4. The number of amides is 3. The van der Waals surface area contributed by atoms with Crippen LogP contribution in [0.3, 0.4) is 0 Å². The largest absolute Gasteiger partial charge is 0.460 e. The molecule has 51 heavy (non-hydrogen) atoms. The van der Waals surface area contributed by atoms with Gasteiger partial charge in [0, 0.05) is 43.2 Å². The highest BCUT2D eigenvalue weighted by atomic mass is 19.1. The lowest BCUT2D eigenvalue weighted by molar-refractivity contribution is -0.142. The van der Waals surface area contributed by atoms with Crippen LogP contribution < -0.4 is 10.6 Å². The molecule has 2 aliphatic carbocycles. The molecule has 0 bridgehead atoms. The average Bonchev–Trinajstić information content (AvgIpc) is 3.75. The van der Waals surface area contributed by atoms with Crippen molar-refractivity contribution in [2.24, 2.45) is 23.7 Å². The minimum atomic E-state index is -0.703. The number of alkyl halides is 1.